The second-order valence-electron chi connectivity index (χ2n) is 12.5. The summed E-state index contributed by atoms with van der Waals surface area (Å²) in [6.45, 7) is 4.75. The molecule has 44 heavy (non-hydrogen) atoms. The summed E-state index contributed by atoms with van der Waals surface area (Å²) in [6, 6.07) is 48.4. The molecule has 0 radical (unpaired) electrons. The summed E-state index contributed by atoms with van der Waals surface area (Å²) < 4.78 is 4.65. The second-order valence-corrected chi connectivity index (χ2v) is 12.5. The van der Waals surface area contributed by atoms with Crippen LogP contribution in [0.5, 0.6) is 0 Å². The maximum absolute atomic E-state index is 4.96. The molecular weight excluding hydrogens is 534 g/mol. The van der Waals surface area contributed by atoms with Crippen LogP contribution in [0, 0.1) is 0 Å². The Morgan fingerprint density at radius 3 is 2.20 bits per heavy atom. The lowest BCUT2D eigenvalue weighted by atomic mass is 9.80. The van der Waals surface area contributed by atoms with E-state index < -0.39 is 0 Å². The summed E-state index contributed by atoms with van der Waals surface area (Å²) in [6.07, 6.45) is 0. The molecule has 0 atom stereocenters. The molecule has 1 aliphatic rings. The van der Waals surface area contributed by atoms with Crippen LogP contribution < -0.4 is 0 Å². The van der Waals surface area contributed by atoms with Crippen molar-refractivity contribution in [3.05, 3.63) is 145 Å². The SMILES string of the molecule is Cn1c(-c2ccccc2)nc2ccc(-c3cccc(-n4c5ccccc5c5c6c(ccc54)-c4ccccc4C6(C)C)c3)cc21. The van der Waals surface area contributed by atoms with Crippen LogP contribution >= 0.6 is 0 Å². The van der Waals surface area contributed by atoms with Gasteiger partial charge in [0.2, 0.25) is 0 Å². The first kappa shape index (κ1) is 25.1. The van der Waals surface area contributed by atoms with E-state index in [2.05, 4.69) is 157 Å². The monoisotopic (exact) mass is 565 g/mol. The van der Waals surface area contributed by atoms with Crippen molar-refractivity contribution in [2.75, 3.05) is 0 Å². The van der Waals surface area contributed by atoms with Crippen molar-refractivity contribution < 1.29 is 0 Å². The molecule has 3 nitrogen and oxygen atoms in total. The van der Waals surface area contributed by atoms with Gasteiger partial charge in [0.05, 0.1) is 22.1 Å². The van der Waals surface area contributed by atoms with E-state index in [1.165, 1.54) is 55.2 Å². The molecule has 2 aromatic heterocycles. The first-order valence-corrected chi connectivity index (χ1v) is 15.3. The predicted octanol–water partition coefficient (Wildman–Crippen LogP) is 10.3. The highest BCUT2D eigenvalue weighted by molar-refractivity contribution is 6.14. The van der Waals surface area contributed by atoms with Crippen LogP contribution in [-0.2, 0) is 12.5 Å². The van der Waals surface area contributed by atoms with E-state index >= 15 is 0 Å². The Bertz CT molecular complexity index is 2420. The Morgan fingerprint density at radius 2 is 1.32 bits per heavy atom. The summed E-state index contributed by atoms with van der Waals surface area (Å²) in [7, 11) is 2.11. The highest BCUT2D eigenvalue weighted by Crippen LogP contribution is 2.53. The molecule has 210 valence electrons. The van der Waals surface area contributed by atoms with Crippen LogP contribution in [0.25, 0.3) is 72.2 Å². The minimum absolute atomic E-state index is 0.0840. The molecule has 9 rings (SSSR count). The van der Waals surface area contributed by atoms with Crippen LogP contribution in [0.3, 0.4) is 0 Å². The maximum atomic E-state index is 4.96. The van der Waals surface area contributed by atoms with Gasteiger partial charge in [0.1, 0.15) is 5.82 Å². The van der Waals surface area contributed by atoms with Gasteiger partial charge in [-0.3, -0.25) is 0 Å². The minimum Gasteiger partial charge on any atom is -0.327 e. The van der Waals surface area contributed by atoms with Crippen molar-refractivity contribution in [3.8, 4) is 39.3 Å². The van der Waals surface area contributed by atoms with Gasteiger partial charge >= 0.3 is 0 Å². The molecular formula is C41H31N3. The van der Waals surface area contributed by atoms with Gasteiger partial charge in [0.25, 0.3) is 0 Å². The third kappa shape index (κ3) is 3.41. The number of benzene rings is 6. The zero-order valence-corrected chi connectivity index (χ0v) is 25.0. The number of hydrogen-bond acceptors (Lipinski definition) is 1. The number of hydrogen-bond donors (Lipinski definition) is 0. The van der Waals surface area contributed by atoms with Crippen molar-refractivity contribution in [2.45, 2.75) is 19.3 Å². The third-order valence-electron chi connectivity index (χ3n) is 9.70. The Morgan fingerprint density at radius 1 is 0.568 bits per heavy atom. The van der Waals surface area contributed by atoms with Crippen LogP contribution in [0.2, 0.25) is 0 Å². The molecule has 0 saturated carbocycles. The number of rotatable bonds is 3. The predicted molar refractivity (Wildman–Crippen MR) is 183 cm³/mol. The van der Waals surface area contributed by atoms with Gasteiger partial charge in [-0.1, -0.05) is 111 Å². The lowest BCUT2D eigenvalue weighted by Crippen LogP contribution is -2.15. The smallest absolute Gasteiger partial charge is 0.140 e. The maximum Gasteiger partial charge on any atom is 0.140 e. The lowest BCUT2D eigenvalue weighted by molar-refractivity contribution is 0.666. The summed E-state index contributed by atoms with van der Waals surface area (Å²) in [5.74, 6) is 0.981. The number of fused-ring (bicyclic) bond motifs is 8. The van der Waals surface area contributed by atoms with E-state index in [1.807, 2.05) is 6.07 Å². The first-order chi connectivity index (χ1) is 21.5. The van der Waals surface area contributed by atoms with Gasteiger partial charge in [0.15, 0.2) is 0 Å². The summed E-state index contributed by atoms with van der Waals surface area (Å²) in [5, 5.41) is 2.66. The van der Waals surface area contributed by atoms with Gasteiger partial charge in [-0.2, -0.15) is 0 Å². The summed E-state index contributed by atoms with van der Waals surface area (Å²) in [5.41, 5.74) is 14.7. The van der Waals surface area contributed by atoms with Crippen LogP contribution in [-0.4, -0.2) is 14.1 Å². The quantitative estimate of drug-likeness (QED) is 0.209. The minimum atomic E-state index is -0.0840. The molecule has 0 aliphatic heterocycles. The third-order valence-corrected chi connectivity index (χ3v) is 9.70. The van der Waals surface area contributed by atoms with Gasteiger partial charge < -0.3 is 9.13 Å². The van der Waals surface area contributed by atoms with Crippen molar-refractivity contribution in [2.24, 2.45) is 7.05 Å². The zero-order valence-electron chi connectivity index (χ0n) is 25.0. The Balaban J connectivity index is 1.23. The standard InChI is InChI=1S/C41H31N3/c1-41(2)33-18-9-7-16-30(33)31-21-23-36-38(39(31)41)32-17-8-10-19-35(32)44(36)29-15-11-14-27(24-29)28-20-22-34-37(25-28)43(3)40(42-34)26-12-5-4-6-13-26/h4-25H,1-3H3. The number of imidazole rings is 1. The Kier molecular flexibility index (Phi) is 5.16. The molecule has 0 spiro atoms. The summed E-state index contributed by atoms with van der Waals surface area (Å²) in [4.78, 5) is 4.96. The molecule has 8 aromatic rings. The fourth-order valence-electron chi connectivity index (χ4n) is 7.65. The Hall–Kier alpha value is -5.41. The molecule has 0 saturated heterocycles. The normalized spacial score (nSPS) is 13.5. The first-order valence-electron chi connectivity index (χ1n) is 15.3. The van der Waals surface area contributed by atoms with Gasteiger partial charge in [-0.25, -0.2) is 4.98 Å². The van der Waals surface area contributed by atoms with Crippen LogP contribution in [0.15, 0.2) is 133 Å². The molecule has 0 amide bonds. The lowest BCUT2D eigenvalue weighted by Gasteiger charge is -2.22. The van der Waals surface area contributed by atoms with Gasteiger partial charge in [-0.15, -0.1) is 0 Å². The van der Waals surface area contributed by atoms with Crippen LogP contribution in [0.4, 0.5) is 0 Å². The molecule has 0 fully saturated rings. The second kappa shape index (κ2) is 9.05. The number of nitrogens with zero attached hydrogens (tertiary/aromatic N) is 3. The highest BCUT2D eigenvalue weighted by atomic mass is 15.1. The van der Waals surface area contributed by atoms with Crippen molar-refractivity contribution >= 4 is 32.8 Å². The fourth-order valence-corrected chi connectivity index (χ4v) is 7.65. The molecule has 3 heteroatoms. The average molecular weight is 566 g/mol. The number of aromatic nitrogens is 3. The molecule has 1 aliphatic carbocycles. The van der Waals surface area contributed by atoms with Crippen molar-refractivity contribution in [1.29, 1.82) is 0 Å². The number of para-hydroxylation sites is 1. The molecule has 0 unspecified atom stereocenters. The fraction of sp³-hybridized carbons (Fsp3) is 0.0976. The van der Waals surface area contributed by atoms with Crippen molar-refractivity contribution in [1.82, 2.24) is 14.1 Å². The topological polar surface area (TPSA) is 22.8 Å². The number of aryl methyl sites for hydroxylation is 1. The van der Waals surface area contributed by atoms with E-state index in [1.54, 1.807) is 0 Å². The van der Waals surface area contributed by atoms with Crippen molar-refractivity contribution in [3.63, 3.8) is 0 Å². The molecule has 0 N–H and O–H groups in total. The van der Waals surface area contributed by atoms with E-state index in [-0.39, 0.29) is 5.41 Å². The highest BCUT2D eigenvalue weighted by Gasteiger charge is 2.37. The molecule has 2 heterocycles. The van der Waals surface area contributed by atoms with E-state index in [0.717, 1.165) is 28.1 Å². The molecule has 0 bridgehead atoms. The molecule has 6 aromatic carbocycles. The van der Waals surface area contributed by atoms with Gasteiger partial charge in [0, 0.05) is 34.5 Å². The van der Waals surface area contributed by atoms with E-state index in [9.17, 15) is 0 Å². The Labute approximate surface area is 256 Å². The van der Waals surface area contributed by atoms with E-state index in [4.69, 9.17) is 4.98 Å². The average Bonchev–Trinajstić information content (AvgIpc) is 3.66. The van der Waals surface area contributed by atoms with Gasteiger partial charge in [-0.05, 0) is 69.8 Å². The summed E-state index contributed by atoms with van der Waals surface area (Å²) >= 11 is 0. The van der Waals surface area contributed by atoms with E-state index in [0.29, 0.717) is 0 Å². The van der Waals surface area contributed by atoms with Crippen LogP contribution in [0.1, 0.15) is 25.0 Å². The largest absolute Gasteiger partial charge is 0.327 e. The zero-order chi connectivity index (χ0) is 29.6.